The van der Waals surface area contributed by atoms with Crippen molar-refractivity contribution >= 4 is 37.8 Å². The number of hydrogen-bond acceptors (Lipinski definition) is 2. The number of halogens is 2. The summed E-state index contributed by atoms with van der Waals surface area (Å²) < 4.78 is 1.78. The lowest BCUT2D eigenvalue weighted by Gasteiger charge is -2.38. The van der Waals surface area contributed by atoms with E-state index in [2.05, 4.69) is 56.0 Å². The van der Waals surface area contributed by atoms with Gasteiger partial charge in [0.05, 0.1) is 5.56 Å². The highest BCUT2D eigenvalue weighted by molar-refractivity contribution is 9.11. The molecule has 0 unspecified atom stereocenters. The van der Waals surface area contributed by atoms with E-state index in [1.54, 1.807) is 0 Å². The predicted octanol–water partition coefficient (Wildman–Crippen LogP) is 3.67. The maximum absolute atomic E-state index is 12.3. The predicted molar refractivity (Wildman–Crippen MR) is 89.0 cm³/mol. The largest absolute Gasteiger partial charge is 0.351 e. The van der Waals surface area contributed by atoms with Gasteiger partial charge in [0.1, 0.15) is 0 Å². The fourth-order valence-electron chi connectivity index (χ4n) is 2.40. The van der Waals surface area contributed by atoms with Crippen LogP contribution in [0.4, 0.5) is 0 Å². The first-order valence-electron chi connectivity index (χ1n) is 6.81. The second-order valence-corrected chi connectivity index (χ2v) is 7.69. The van der Waals surface area contributed by atoms with Gasteiger partial charge in [-0.1, -0.05) is 22.9 Å². The summed E-state index contributed by atoms with van der Waals surface area (Å²) in [7, 11) is 2.15. The average molecular weight is 404 g/mol. The number of carbonyl (C=O) groups is 1. The first-order valence-corrected chi connectivity index (χ1v) is 8.40. The Hall–Kier alpha value is -0.390. The summed E-state index contributed by atoms with van der Waals surface area (Å²) in [6.45, 7) is 5.21. The van der Waals surface area contributed by atoms with Crippen molar-refractivity contribution in [2.75, 3.05) is 26.7 Å². The van der Waals surface area contributed by atoms with Gasteiger partial charge in [-0.25, -0.2) is 0 Å². The van der Waals surface area contributed by atoms with Crippen LogP contribution in [0.25, 0.3) is 0 Å². The molecule has 0 spiro atoms. The Bertz CT molecular complexity index is 497. The van der Waals surface area contributed by atoms with Gasteiger partial charge in [-0.3, -0.25) is 4.79 Å². The lowest BCUT2D eigenvalue weighted by atomic mass is 9.80. The molecule has 0 radical (unpaired) electrons. The molecule has 0 atom stereocenters. The Morgan fingerprint density at radius 2 is 2.00 bits per heavy atom. The molecule has 5 heteroatoms. The Morgan fingerprint density at radius 3 is 2.60 bits per heavy atom. The van der Waals surface area contributed by atoms with E-state index in [1.807, 2.05) is 18.2 Å². The number of hydrogen-bond donors (Lipinski definition) is 1. The fourth-order valence-corrected chi connectivity index (χ4v) is 3.62. The van der Waals surface area contributed by atoms with Crippen LogP contribution in [0, 0.1) is 5.41 Å². The molecular formula is C15H20Br2N2O. The van der Waals surface area contributed by atoms with Crippen molar-refractivity contribution in [3.05, 3.63) is 32.7 Å². The van der Waals surface area contributed by atoms with Gasteiger partial charge in [0.15, 0.2) is 0 Å². The molecule has 1 amide bonds. The molecule has 2 rings (SSSR count). The van der Waals surface area contributed by atoms with Crippen LogP contribution in [0.5, 0.6) is 0 Å². The molecule has 3 nitrogen and oxygen atoms in total. The number of nitrogens with one attached hydrogen (secondary N) is 1. The number of amides is 1. The number of rotatable bonds is 3. The van der Waals surface area contributed by atoms with Crippen LogP contribution < -0.4 is 5.32 Å². The topological polar surface area (TPSA) is 32.3 Å². The number of benzene rings is 1. The molecule has 1 fully saturated rings. The summed E-state index contributed by atoms with van der Waals surface area (Å²) in [5, 5.41) is 3.08. The van der Waals surface area contributed by atoms with Crippen LogP contribution in [0.3, 0.4) is 0 Å². The molecule has 1 aromatic carbocycles. The van der Waals surface area contributed by atoms with E-state index in [4.69, 9.17) is 0 Å². The summed E-state index contributed by atoms with van der Waals surface area (Å²) in [5.74, 6) is -0.00970. The van der Waals surface area contributed by atoms with E-state index in [0.29, 0.717) is 5.56 Å². The molecule has 20 heavy (non-hydrogen) atoms. The molecule has 1 heterocycles. The maximum Gasteiger partial charge on any atom is 0.252 e. The summed E-state index contributed by atoms with van der Waals surface area (Å²) in [4.78, 5) is 14.6. The Morgan fingerprint density at radius 1 is 1.35 bits per heavy atom. The standard InChI is InChI=1S/C15H20Br2N2O/c1-15(5-7-19(2)8-6-15)10-18-14(20)12-4-3-11(16)9-13(12)17/h3-4,9H,5-8,10H2,1-2H3,(H,18,20). The van der Waals surface area contributed by atoms with Crippen LogP contribution in [0.2, 0.25) is 0 Å². The van der Waals surface area contributed by atoms with E-state index in [1.165, 1.54) is 0 Å². The molecule has 1 aromatic rings. The van der Waals surface area contributed by atoms with Crippen LogP contribution in [0.15, 0.2) is 27.1 Å². The summed E-state index contributed by atoms with van der Waals surface area (Å²) >= 11 is 6.83. The maximum atomic E-state index is 12.3. The highest BCUT2D eigenvalue weighted by atomic mass is 79.9. The Labute approximate surface area is 137 Å². The van der Waals surface area contributed by atoms with Gasteiger partial charge >= 0.3 is 0 Å². The normalized spacial score (nSPS) is 18.8. The van der Waals surface area contributed by atoms with Gasteiger partial charge in [0, 0.05) is 15.5 Å². The highest BCUT2D eigenvalue weighted by Gasteiger charge is 2.29. The number of likely N-dealkylation sites (tertiary alicyclic amines) is 1. The molecule has 0 saturated carbocycles. The van der Waals surface area contributed by atoms with Crippen molar-refractivity contribution in [1.82, 2.24) is 10.2 Å². The van der Waals surface area contributed by atoms with E-state index in [-0.39, 0.29) is 11.3 Å². The van der Waals surface area contributed by atoms with Gasteiger partial charge in [-0.2, -0.15) is 0 Å². The zero-order chi connectivity index (χ0) is 14.8. The molecule has 0 bridgehead atoms. The SMILES string of the molecule is CN1CCC(C)(CNC(=O)c2ccc(Br)cc2Br)CC1. The van der Waals surface area contributed by atoms with Crippen LogP contribution >= 0.6 is 31.9 Å². The molecule has 1 N–H and O–H groups in total. The fraction of sp³-hybridized carbons (Fsp3) is 0.533. The van der Waals surface area contributed by atoms with Crippen LogP contribution in [0.1, 0.15) is 30.1 Å². The van der Waals surface area contributed by atoms with Crippen molar-refractivity contribution in [3.63, 3.8) is 0 Å². The highest BCUT2D eigenvalue weighted by Crippen LogP contribution is 2.29. The van der Waals surface area contributed by atoms with Crippen molar-refractivity contribution < 1.29 is 4.79 Å². The van der Waals surface area contributed by atoms with Crippen molar-refractivity contribution in [3.8, 4) is 0 Å². The zero-order valence-electron chi connectivity index (χ0n) is 11.9. The summed E-state index contributed by atoms with van der Waals surface area (Å²) in [5.41, 5.74) is 0.897. The quantitative estimate of drug-likeness (QED) is 0.834. The van der Waals surface area contributed by atoms with E-state index < -0.39 is 0 Å². The molecule has 1 aliphatic heterocycles. The molecule has 1 saturated heterocycles. The molecule has 0 aliphatic carbocycles. The first kappa shape index (κ1) is 16.0. The van der Waals surface area contributed by atoms with Gasteiger partial charge in [-0.05, 0) is 72.5 Å². The average Bonchev–Trinajstić information content (AvgIpc) is 2.40. The van der Waals surface area contributed by atoms with E-state index >= 15 is 0 Å². The third-order valence-electron chi connectivity index (χ3n) is 4.05. The van der Waals surface area contributed by atoms with Gasteiger partial charge in [-0.15, -0.1) is 0 Å². The number of piperidine rings is 1. The van der Waals surface area contributed by atoms with E-state index in [9.17, 15) is 4.79 Å². The minimum Gasteiger partial charge on any atom is -0.351 e. The van der Waals surface area contributed by atoms with Gasteiger partial charge < -0.3 is 10.2 Å². The summed E-state index contributed by atoms with van der Waals surface area (Å²) in [6, 6.07) is 5.61. The minimum absolute atomic E-state index is 0.00970. The smallest absolute Gasteiger partial charge is 0.252 e. The lowest BCUT2D eigenvalue weighted by molar-refractivity contribution is 0.0891. The van der Waals surface area contributed by atoms with E-state index in [0.717, 1.165) is 41.4 Å². The Kier molecular flexibility index (Phi) is 5.26. The lowest BCUT2D eigenvalue weighted by Crippen LogP contribution is -2.43. The van der Waals surface area contributed by atoms with Crippen molar-refractivity contribution in [2.45, 2.75) is 19.8 Å². The zero-order valence-corrected chi connectivity index (χ0v) is 15.1. The van der Waals surface area contributed by atoms with Crippen LogP contribution in [-0.4, -0.2) is 37.5 Å². The summed E-state index contributed by atoms with van der Waals surface area (Å²) in [6.07, 6.45) is 2.26. The second-order valence-electron chi connectivity index (χ2n) is 5.92. The van der Waals surface area contributed by atoms with Crippen molar-refractivity contribution in [2.24, 2.45) is 5.41 Å². The van der Waals surface area contributed by atoms with Crippen LogP contribution in [-0.2, 0) is 0 Å². The second kappa shape index (κ2) is 6.58. The van der Waals surface area contributed by atoms with Gasteiger partial charge in [0.25, 0.3) is 5.91 Å². The molecule has 0 aromatic heterocycles. The molecule has 1 aliphatic rings. The molecular weight excluding hydrogens is 384 g/mol. The Balaban J connectivity index is 1.95. The third kappa shape index (κ3) is 4.06. The number of nitrogens with zero attached hydrogens (tertiary/aromatic N) is 1. The van der Waals surface area contributed by atoms with Crippen molar-refractivity contribution in [1.29, 1.82) is 0 Å². The number of carbonyl (C=O) groups excluding carboxylic acids is 1. The monoisotopic (exact) mass is 402 g/mol. The molecule has 110 valence electrons. The third-order valence-corrected chi connectivity index (χ3v) is 5.19. The van der Waals surface area contributed by atoms with Gasteiger partial charge in [0.2, 0.25) is 0 Å². The minimum atomic E-state index is -0.00970. The first-order chi connectivity index (χ1) is 9.39.